The molecule has 3 nitrogen and oxygen atoms in total. The van der Waals surface area contributed by atoms with E-state index in [9.17, 15) is 4.39 Å². The van der Waals surface area contributed by atoms with Crippen molar-refractivity contribution in [3.05, 3.63) is 48.0 Å². The number of nitrogens with one attached hydrogen (secondary N) is 1. The highest BCUT2D eigenvalue weighted by Crippen LogP contribution is 2.20. The third-order valence-electron chi connectivity index (χ3n) is 2.27. The highest BCUT2D eigenvalue weighted by Gasteiger charge is 2.01. The van der Waals surface area contributed by atoms with Crippen LogP contribution in [-0.4, -0.2) is 22.3 Å². The lowest BCUT2D eigenvalue weighted by atomic mass is 10.3. The Kier molecular flexibility index (Phi) is 4.52. The molecule has 0 unspecified atom stereocenters. The van der Waals surface area contributed by atoms with Crippen LogP contribution in [0, 0.1) is 12.7 Å². The van der Waals surface area contributed by atoms with Crippen LogP contribution < -0.4 is 5.32 Å². The Morgan fingerprint density at radius 3 is 2.89 bits per heavy atom. The minimum Gasteiger partial charge on any atom is -0.353 e. The van der Waals surface area contributed by atoms with E-state index in [1.807, 2.05) is 19.1 Å². The molecular weight excluding hydrogens is 249 g/mol. The summed E-state index contributed by atoms with van der Waals surface area (Å²) in [5.74, 6) is 1.21. The number of nitrogens with zero attached hydrogens (tertiary/aromatic N) is 2. The molecule has 0 saturated carbocycles. The van der Waals surface area contributed by atoms with Gasteiger partial charge in [0, 0.05) is 29.1 Å². The summed E-state index contributed by atoms with van der Waals surface area (Å²) in [5, 5.41) is 3.11. The largest absolute Gasteiger partial charge is 0.353 e. The summed E-state index contributed by atoms with van der Waals surface area (Å²) in [7, 11) is 0. The van der Waals surface area contributed by atoms with E-state index in [4.69, 9.17) is 0 Å². The zero-order valence-electron chi connectivity index (χ0n) is 10.1. The van der Waals surface area contributed by atoms with Crippen LogP contribution in [0.2, 0.25) is 0 Å². The first-order valence-corrected chi connectivity index (χ1v) is 6.65. The molecule has 18 heavy (non-hydrogen) atoms. The molecule has 0 atom stereocenters. The normalized spacial score (nSPS) is 10.3. The first kappa shape index (κ1) is 12.8. The number of aromatic nitrogens is 2. The van der Waals surface area contributed by atoms with Crippen molar-refractivity contribution < 1.29 is 4.39 Å². The molecular formula is C13H14FN3S. The molecule has 0 radical (unpaired) electrons. The van der Waals surface area contributed by atoms with E-state index in [0.717, 1.165) is 11.4 Å². The number of aryl methyl sites for hydroxylation is 1. The minimum atomic E-state index is -0.172. The van der Waals surface area contributed by atoms with Crippen LogP contribution in [-0.2, 0) is 0 Å². The van der Waals surface area contributed by atoms with Crippen LogP contribution >= 0.6 is 11.8 Å². The topological polar surface area (TPSA) is 37.8 Å². The molecule has 0 aliphatic heterocycles. The lowest BCUT2D eigenvalue weighted by molar-refractivity contribution is 0.602. The smallest absolute Gasteiger partial charge is 0.222 e. The maximum atomic E-state index is 13.3. The van der Waals surface area contributed by atoms with E-state index in [1.54, 1.807) is 18.3 Å². The third-order valence-corrected chi connectivity index (χ3v) is 3.32. The summed E-state index contributed by atoms with van der Waals surface area (Å²) in [6.45, 7) is 2.61. The van der Waals surface area contributed by atoms with Crippen LogP contribution in [0.4, 0.5) is 10.3 Å². The lowest BCUT2D eigenvalue weighted by Gasteiger charge is -2.05. The Labute approximate surface area is 110 Å². The van der Waals surface area contributed by atoms with Crippen LogP contribution in [0.5, 0.6) is 0 Å². The predicted octanol–water partition coefficient (Wildman–Crippen LogP) is 3.13. The standard InChI is InChI=1S/C13H14FN3S/c1-10-6-7-15-13(17-10)16-8-9-18-12-5-3-2-4-11(12)14/h2-7H,8-9H2,1H3,(H,15,16,17). The molecule has 0 saturated heterocycles. The van der Waals surface area contributed by atoms with Gasteiger partial charge in [0.05, 0.1) is 0 Å². The van der Waals surface area contributed by atoms with Crippen molar-refractivity contribution in [2.75, 3.05) is 17.6 Å². The molecule has 2 aromatic rings. The second-order valence-corrected chi connectivity index (χ2v) is 4.86. The molecule has 1 aromatic carbocycles. The number of hydrogen-bond acceptors (Lipinski definition) is 4. The van der Waals surface area contributed by atoms with Crippen molar-refractivity contribution in [2.45, 2.75) is 11.8 Å². The van der Waals surface area contributed by atoms with Crippen molar-refractivity contribution in [3.8, 4) is 0 Å². The van der Waals surface area contributed by atoms with E-state index in [1.165, 1.54) is 17.8 Å². The van der Waals surface area contributed by atoms with Crippen LogP contribution in [0.3, 0.4) is 0 Å². The van der Waals surface area contributed by atoms with Gasteiger partial charge in [-0.25, -0.2) is 14.4 Å². The van der Waals surface area contributed by atoms with Crippen molar-refractivity contribution in [1.82, 2.24) is 9.97 Å². The zero-order valence-corrected chi connectivity index (χ0v) is 10.9. The van der Waals surface area contributed by atoms with Gasteiger partial charge in [0.1, 0.15) is 5.82 Å². The van der Waals surface area contributed by atoms with Gasteiger partial charge in [0.25, 0.3) is 0 Å². The van der Waals surface area contributed by atoms with E-state index in [-0.39, 0.29) is 5.82 Å². The van der Waals surface area contributed by atoms with Crippen molar-refractivity contribution >= 4 is 17.7 Å². The number of anilines is 1. The number of rotatable bonds is 5. The summed E-state index contributed by atoms with van der Waals surface area (Å²) >= 11 is 1.48. The summed E-state index contributed by atoms with van der Waals surface area (Å²) in [6, 6.07) is 8.63. The van der Waals surface area contributed by atoms with Crippen molar-refractivity contribution in [2.24, 2.45) is 0 Å². The summed E-state index contributed by atoms with van der Waals surface area (Å²) in [5.41, 5.74) is 0.925. The fourth-order valence-corrected chi connectivity index (χ4v) is 2.22. The van der Waals surface area contributed by atoms with Gasteiger partial charge in [-0.1, -0.05) is 12.1 Å². The van der Waals surface area contributed by atoms with Crippen molar-refractivity contribution in [1.29, 1.82) is 0 Å². The predicted molar refractivity (Wildman–Crippen MR) is 72.4 cm³/mol. The number of benzene rings is 1. The summed E-state index contributed by atoms with van der Waals surface area (Å²) < 4.78 is 13.3. The molecule has 5 heteroatoms. The van der Waals surface area contributed by atoms with Gasteiger partial charge in [0.15, 0.2) is 0 Å². The van der Waals surface area contributed by atoms with Gasteiger partial charge in [-0.05, 0) is 25.1 Å². The molecule has 94 valence electrons. The van der Waals surface area contributed by atoms with E-state index in [2.05, 4.69) is 15.3 Å². The van der Waals surface area contributed by atoms with Gasteiger partial charge in [0.2, 0.25) is 5.95 Å². The van der Waals surface area contributed by atoms with Gasteiger partial charge < -0.3 is 5.32 Å². The average molecular weight is 263 g/mol. The van der Waals surface area contributed by atoms with E-state index >= 15 is 0 Å². The quantitative estimate of drug-likeness (QED) is 0.664. The van der Waals surface area contributed by atoms with Crippen LogP contribution in [0.25, 0.3) is 0 Å². The average Bonchev–Trinajstić information content (AvgIpc) is 2.37. The van der Waals surface area contributed by atoms with Gasteiger partial charge in [-0.2, -0.15) is 0 Å². The maximum Gasteiger partial charge on any atom is 0.222 e. The van der Waals surface area contributed by atoms with Crippen LogP contribution in [0.1, 0.15) is 5.69 Å². The third kappa shape index (κ3) is 3.70. The second-order valence-electron chi connectivity index (χ2n) is 3.73. The summed E-state index contributed by atoms with van der Waals surface area (Å²) in [4.78, 5) is 9.00. The molecule has 1 N–H and O–H groups in total. The monoisotopic (exact) mass is 263 g/mol. The fourth-order valence-electron chi connectivity index (χ4n) is 1.42. The lowest BCUT2D eigenvalue weighted by Crippen LogP contribution is -2.07. The Balaban J connectivity index is 1.78. The molecule has 0 spiro atoms. The first-order chi connectivity index (χ1) is 8.75. The second kappa shape index (κ2) is 6.35. The van der Waals surface area contributed by atoms with Gasteiger partial charge >= 0.3 is 0 Å². The Morgan fingerprint density at radius 1 is 1.28 bits per heavy atom. The van der Waals surface area contributed by atoms with E-state index < -0.39 is 0 Å². The molecule has 1 aromatic heterocycles. The van der Waals surface area contributed by atoms with Gasteiger partial charge in [-0.15, -0.1) is 11.8 Å². The first-order valence-electron chi connectivity index (χ1n) is 5.66. The molecule has 0 bridgehead atoms. The molecule has 1 heterocycles. The molecule has 0 fully saturated rings. The molecule has 0 aliphatic rings. The van der Waals surface area contributed by atoms with Crippen LogP contribution in [0.15, 0.2) is 41.4 Å². The zero-order chi connectivity index (χ0) is 12.8. The number of thioether (sulfide) groups is 1. The summed E-state index contributed by atoms with van der Waals surface area (Å²) in [6.07, 6.45) is 1.72. The Morgan fingerprint density at radius 2 is 2.11 bits per heavy atom. The van der Waals surface area contributed by atoms with E-state index in [0.29, 0.717) is 17.4 Å². The van der Waals surface area contributed by atoms with Crippen molar-refractivity contribution in [3.63, 3.8) is 0 Å². The Bertz CT molecular complexity index is 519. The molecule has 0 aliphatic carbocycles. The molecule has 2 rings (SSSR count). The van der Waals surface area contributed by atoms with Gasteiger partial charge in [-0.3, -0.25) is 0 Å². The number of halogens is 1. The maximum absolute atomic E-state index is 13.3. The SMILES string of the molecule is Cc1ccnc(NCCSc2ccccc2F)n1. The highest BCUT2D eigenvalue weighted by molar-refractivity contribution is 7.99. The molecule has 0 amide bonds. The minimum absolute atomic E-state index is 0.172. The number of hydrogen-bond donors (Lipinski definition) is 1. The highest BCUT2D eigenvalue weighted by atomic mass is 32.2. The Hall–Kier alpha value is -1.62. The fraction of sp³-hybridized carbons (Fsp3) is 0.231.